The van der Waals surface area contributed by atoms with Gasteiger partial charge < -0.3 is 10.1 Å². The van der Waals surface area contributed by atoms with Crippen molar-refractivity contribution in [2.45, 2.75) is 37.0 Å². The van der Waals surface area contributed by atoms with Gasteiger partial charge in [-0.1, -0.05) is 13.8 Å². The Morgan fingerprint density at radius 2 is 1.83 bits per heavy atom. The second-order valence-electron chi connectivity index (χ2n) is 6.08. The molecule has 23 heavy (non-hydrogen) atoms. The number of nitrogens with one attached hydrogen (secondary N) is 1. The van der Waals surface area contributed by atoms with E-state index >= 15 is 0 Å². The van der Waals surface area contributed by atoms with Gasteiger partial charge in [0.15, 0.2) is 0 Å². The van der Waals surface area contributed by atoms with E-state index in [9.17, 15) is 9.00 Å². The second kappa shape index (κ2) is 8.57. The molecule has 128 valence electrons. The maximum absolute atomic E-state index is 12.2. The number of carbonyl (C=O) groups is 1. The van der Waals surface area contributed by atoms with Gasteiger partial charge >= 0.3 is 0 Å². The standard InChI is InChI=1S/C17H26N2O3S/c1-13(2)23(21)16-6-4-15(5-7-16)17(20)18-12-14(3)19-8-10-22-11-9-19/h4-7,13-14H,8-12H2,1-3H3,(H,18,20)/t14-,23-/m1/s1. The number of nitrogens with zero attached hydrogens (tertiary/aromatic N) is 1. The summed E-state index contributed by atoms with van der Waals surface area (Å²) in [5.41, 5.74) is 0.601. The molecule has 0 bridgehead atoms. The zero-order valence-electron chi connectivity index (χ0n) is 14.1. The highest BCUT2D eigenvalue weighted by atomic mass is 32.2. The van der Waals surface area contributed by atoms with E-state index in [4.69, 9.17) is 4.74 Å². The summed E-state index contributed by atoms with van der Waals surface area (Å²) in [5.74, 6) is -0.0908. The molecule has 0 saturated carbocycles. The van der Waals surface area contributed by atoms with Crippen LogP contribution in [0.5, 0.6) is 0 Å². The third-order valence-corrected chi connectivity index (χ3v) is 5.60. The molecule has 2 atom stereocenters. The van der Waals surface area contributed by atoms with Crippen LogP contribution in [-0.4, -0.2) is 59.2 Å². The van der Waals surface area contributed by atoms with Crippen LogP contribution in [0.4, 0.5) is 0 Å². The van der Waals surface area contributed by atoms with Crippen molar-refractivity contribution < 1.29 is 13.7 Å². The molecule has 1 aliphatic rings. The molecule has 1 aromatic carbocycles. The Balaban J connectivity index is 1.86. The number of benzene rings is 1. The van der Waals surface area contributed by atoms with Gasteiger partial charge in [-0.25, -0.2) is 0 Å². The van der Waals surface area contributed by atoms with Crippen molar-refractivity contribution in [2.24, 2.45) is 0 Å². The first-order chi connectivity index (χ1) is 11.0. The monoisotopic (exact) mass is 338 g/mol. The van der Waals surface area contributed by atoms with Gasteiger partial charge in [-0.15, -0.1) is 0 Å². The fourth-order valence-electron chi connectivity index (χ4n) is 2.50. The predicted octanol–water partition coefficient (Wildman–Crippen LogP) is 1.65. The van der Waals surface area contributed by atoms with Gasteiger partial charge in [-0.05, 0) is 31.2 Å². The number of ether oxygens (including phenoxy) is 1. The van der Waals surface area contributed by atoms with Crippen LogP contribution >= 0.6 is 0 Å². The summed E-state index contributed by atoms with van der Waals surface area (Å²) < 4.78 is 17.3. The van der Waals surface area contributed by atoms with Crippen LogP contribution in [0, 0.1) is 0 Å². The van der Waals surface area contributed by atoms with Crippen LogP contribution < -0.4 is 5.32 Å². The molecule has 1 amide bonds. The number of rotatable bonds is 6. The number of amides is 1. The van der Waals surface area contributed by atoms with E-state index in [0.717, 1.165) is 31.2 Å². The minimum absolute atomic E-state index is 0.0732. The Morgan fingerprint density at radius 3 is 2.39 bits per heavy atom. The summed E-state index contributed by atoms with van der Waals surface area (Å²) in [6.45, 7) is 9.89. The van der Waals surface area contributed by atoms with Crippen molar-refractivity contribution >= 4 is 16.7 Å². The Morgan fingerprint density at radius 1 is 1.22 bits per heavy atom. The average molecular weight is 338 g/mol. The highest BCUT2D eigenvalue weighted by Gasteiger charge is 2.18. The Kier molecular flexibility index (Phi) is 6.74. The molecule has 1 aliphatic heterocycles. The molecule has 5 nitrogen and oxygen atoms in total. The first kappa shape index (κ1) is 18.1. The number of morpholine rings is 1. The normalized spacial score (nSPS) is 18.6. The Bertz CT molecular complexity index is 539. The third kappa shape index (κ3) is 5.12. The predicted molar refractivity (Wildman–Crippen MR) is 92.2 cm³/mol. The first-order valence-corrected chi connectivity index (χ1v) is 9.31. The van der Waals surface area contributed by atoms with Crippen LogP contribution in [0.1, 0.15) is 31.1 Å². The van der Waals surface area contributed by atoms with Gasteiger partial charge in [0, 0.05) is 41.4 Å². The Labute approximate surface area is 140 Å². The first-order valence-electron chi connectivity index (χ1n) is 8.09. The summed E-state index contributed by atoms with van der Waals surface area (Å²) in [6, 6.07) is 7.32. The van der Waals surface area contributed by atoms with Crippen LogP contribution in [-0.2, 0) is 15.5 Å². The van der Waals surface area contributed by atoms with Gasteiger partial charge in [0.25, 0.3) is 5.91 Å². The minimum atomic E-state index is -1.02. The molecular weight excluding hydrogens is 312 g/mol. The Hall–Kier alpha value is -1.24. The van der Waals surface area contributed by atoms with E-state index < -0.39 is 10.8 Å². The molecule has 2 rings (SSSR count). The number of hydrogen-bond donors (Lipinski definition) is 1. The van der Waals surface area contributed by atoms with Crippen LogP contribution in [0.3, 0.4) is 0 Å². The number of hydrogen-bond acceptors (Lipinski definition) is 4. The molecule has 6 heteroatoms. The van der Waals surface area contributed by atoms with Gasteiger partial charge in [0.1, 0.15) is 0 Å². The van der Waals surface area contributed by atoms with Crippen molar-refractivity contribution in [3.63, 3.8) is 0 Å². The molecule has 1 aromatic rings. The lowest BCUT2D eigenvalue weighted by Gasteiger charge is -2.32. The fourth-order valence-corrected chi connectivity index (χ4v) is 3.45. The largest absolute Gasteiger partial charge is 0.379 e. The van der Waals surface area contributed by atoms with Gasteiger partial charge in [0.2, 0.25) is 0 Å². The lowest BCUT2D eigenvalue weighted by atomic mass is 10.2. The SMILES string of the molecule is CC(C)[S@@](=O)c1ccc(C(=O)NC[C@@H](C)N2CCOCC2)cc1. The van der Waals surface area contributed by atoms with Crippen LogP contribution in [0.2, 0.25) is 0 Å². The van der Waals surface area contributed by atoms with Gasteiger partial charge in [0.05, 0.1) is 24.0 Å². The smallest absolute Gasteiger partial charge is 0.251 e. The number of carbonyl (C=O) groups excluding carboxylic acids is 1. The highest BCUT2D eigenvalue weighted by molar-refractivity contribution is 7.85. The van der Waals surface area contributed by atoms with Crippen molar-refractivity contribution in [1.82, 2.24) is 10.2 Å². The molecule has 0 aromatic heterocycles. The zero-order valence-corrected chi connectivity index (χ0v) is 14.9. The highest BCUT2D eigenvalue weighted by Crippen LogP contribution is 2.12. The fraction of sp³-hybridized carbons (Fsp3) is 0.588. The molecule has 1 saturated heterocycles. The van der Waals surface area contributed by atoms with Crippen molar-refractivity contribution in [3.05, 3.63) is 29.8 Å². The topological polar surface area (TPSA) is 58.6 Å². The summed E-state index contributed by atoms with van der Waals surface area (Å²) >= 11 is 0. The molecule has 0 spiro atoms. The minimum Gasteiger partial charge on any atom is -0.379 e. The lowest BCUT2D eigenvalue weighted by molar-refractivity contribution is 0.0204. The maximum atomic E-state index is 12.2. The quantitative estimate of drug-likeness (QED) is 0.857. The van der Waals surface area contributed by atoms with E-state index in [1.54, 1.807) is 24.3 Å². The van der Waals surface area contributed by atoms with Crippen molar-refractivity contribution in [2.75, 3.05) is 32.8 Å². The molecule has 1 N–H and O–H groups in total. The van der Waals surface area contributed by atoms with E-state index in [1.165, 1.54) is 0 Å². The lowest BCUT2D eigenvalue weighted by Crippen LogP contribution is -2.47. The molecular formula is C17H26N2O3S. The molecule has 1 heterocycles. The summed E-state index contributed by atoms with van der Waals surface area (Å²) in [4.78, 5) is 15.3. The maximum Gasteiger partial charge on any atom is 0.251 e. The van der Waals surface area contributed by atoms with E-state index in [0.29, 0.717) is 12.1 Å². The van der Waals surface area contributed by atoms with Crippen LogP contribution in [0.25, 0.3) is 0 Å². The zero-order chi connectivity index (χ0) is 16.8. The van der Waals surface area contributed by atoms with Crippen LogP contribution in [0.15, 0.2) is 29.2 Å². The molecule has 0 unspecified atom stereocenters. The van der Waals surface area contributed by atoms with E-state index in [1.807, 2.05) is 13.8 Å². The average Bonchev–Trinajstić information content (AvgIpc) is 2.59. The van der Waals surface area contributed by atoms with Crippen molar-refractivity contribution in [3.8, 4) is 0 Å². The second-order valence-corrected chi connectivity index (χ2v) is 8.09. The molecule has 1 fully saturated rings. The van der Waals surface area contributed by atoms with E-state index in [-0.39, 0.29) is 17.2 Å². The molecule has 0 aliphatic carbocycles. The van der Waals surface area contributed by atoms with Gasteiger partial charge in [-0.3, -0.25) is 13.9 Å². The molecule has 0 radical (unpaired) electrons. The summed E-state index contributed by atoms with van der Waals surface area (Å²) in [7, 11) is -1.02. The summed E-state index contributed by atoms with van der Waals surface area (Å²) in [5, 5.41) is 3.04. The summed E-state index contributed by atoms with van der Waals surface area (Å²) in [6.07, 6.45) is 0. The van der Waals surface area contributed by atoms with Crippen molar-refractivity contribution in [1.29, 1.82) is 0 Å². The third-order valence-electron chi connectivity index (χ3n) is 4.00. The van der Waals surface area contributed by atoms with E-state index in [2.05, 4.69) is 17.1 Å². The van der Waals surface area contributed by atoms with Gasteiger partial charge in [-0.2, -0.15) is 0 Å².